The third-order valence-electron chi connectivity index (χ3n) is 4.69. The van der Waals surface area contributed by atoms with E-state index in [2.05, 4.69) is 20.8 Å². The lowest BCUT2D eigenvalue weighted by Crippen LogP contribution is -2.20. The van der Waals surface area contributed by atoms with Crippen LogP contribution in [0.5, 0.6) is 0 Å². The van der Waals surface area contributed by atoms with Gasteiger partial charge in [-0.2, -0.15) is 13.2 Å². The Bertz CT molecular complexity index is 572. The normalized spacial score (nSPS) is 20.0. The van der Waals surface area contributed by atoms with Gasteiger partial charge in [0, 0.05) is 0 Å². The summed E-state index contributed by atoms with van der Waals surface area (Å²) in [5, 5.41) is 0. The van der Waals surface area contributed by atoms with E-state index in [1.165, 1.54) is 30.1 Å². The quantitative estimate of drug-likeness (QED) is 0.234. The summed E-state index contributed by atoms with van der Waals surface area (Å²) >= 11 is 0. The van der Waals surface area contributed by atoms with Crippen molar-refractivity contribution in [1.82, 2.24) is 0 Å². The molecule has 1 aliphatic carbocycles. The highest BCUT2D eigenvalue weighted by molar-refractivity contribution is 5.67. The van der Waals surface area contributed by atoms with E-state index in [0.717, 1.165) is 30.9 Å². The summed E-state index contributed by atoms with van der Waals surface area (Å²) in [5.41, 5.74) is 3.26. The summed E-state index contributed by atoms with van der Waals surface area (Å²) in [4.78, 5) is 10.3. The van der Waals surface area contributed by atoms with Crippen LogP contribution in [0, 0.1) is 5.41 Å². The third kappa shape index (κ3) is 6.14. The predicted molar refractivity (Wildman–Crippen MR) is 92.7 cm³/mol. The van der Waals surface area contributed by atoms with Crippen molar-refractivity contribution in [2.75, 3.05) is 0 Å². The van der Waals surface area contributed by atoms with Crippen molar-refractivity contribution in [3.05, 3.63) is 46.6 Å². The van der Waals surface area contributed by atoms with Crippen molar-refractivity contribution in [1.29, 1.82) is 0 Å². The molecule has 0 bridgehead atoms. The lowest BCUT2D eigenvalue weighted by atomic mass is 9.71. The Balaban J connectivity index is 2.73. The molecule has 0 amide bonds. The zero-order valence-corrected chi connectivity index (χ0v) is 15.0. The Morgan fingerprint density at radius 2 is 1.92 bits per heavy atom. The van der Waals surface area contributed by atoms with Gasteiger partial charge in [0.15, 0.2) is 0 Å². The van der Waals surface area contributed by atoms with Gasteiger partial charge in [0.05, 0.1) is 5.57 Å². The molecule has 1 nitrogen and oxygen atoms in total. The maximum Gasteiger partial charge on any atom is 0.416 e. The number of halogens is 3. The molecule has 0 aromatic heterocycles. The van der Waals surface area contributed by atoms with Crippen molar-refractivity contribution in [2.45, 2.75) is 66.0 Å². The zero-order chi connectivity index (χ0) is 18.4. The van der Waals surface area contributed by atoms with E-state index in [0.29, 0.717) is 6.08 Å². The van der Waals surface area contributed by atoms with E-state index < -0.39 is 11.7 Å². The van der Waals surface area contributed by atoms with Crippen LogP contribution in [-0.2, 0) is 4.79 Å². The molecule has 1 aliphatic rings. The van der Waals surface area contributed by atoms with Crippen LogP contribution in [0.15, 0.2) is 46.6 Å². The van der Waals surface area contributed by atoms with Crippen LogP contribution in [0.3, 0.4) is 0 Å². The number of hydrogen-bond donors (Lipinski definition) is 0. The Labute approximate surface area is 143 Å². The fourth-order valence-electron chi connectivity index (χ4n) is 3.27. The van der Waals surface area contributed by atoms with Crippen LogP contribution in [-0.4, -0.2) is 12.5 Å². The zero-order valence-electron chi connectivity index (χ0n) is 15.0. The standard InChI is InChI=1S/C20H27F3O/c1-15(7-5-9-17(12-14-24)20(21,22)23)10-11-18-16(2)8-6-13-19(18,3)4/h5,7,9,12,14H,6,8,10-11,13H2,1-4H3/b9-5+,15-7+,17-12-. The highest BCUT2D eigenvalue weighted by Crippen LogP contribution is 2.42. The molecule has 0 atom stereocenters. The monoisotopic (exact) mass is 340 g/mol. The number of carbonyl (C=O) groups is 1. The Morgan fingerprint density at radius 1 is 1.25 bits per heavy atom. The number of aldehydes is 1. The number of allylic oxidation sites excluding steroid dienone is 8. The van der Waals surface area contributed by atoms with Gasteiger partial charge in [-0.15, -0.1) is 0 Å². The molecule has 4 heteroatoms. The molecule has 1 rings (SSSR count). The summed E-state index contributed by atoms with van der Waals surface area (Å²) in [7, 11) is 0. The van der Waals surface area contributed by atoms with Gasteiger partial charge >= 0.3 is 6.18 Å². The number of rotatable bonds is 6. The van der Waals surface area contributed by atoms with Gasteiger partial charge < -0.3 is 0 Å². The molecule has 0 aromatic rings. The first-order valence-electron chi connectivity index (χ1n) is 8.33. The second kappa shape index (κ2) is 8.50. The van der Waals surface area contributed by atoms with Crippen LogP contribution >= 0.6 is 0 Å². The SMILES string of the molecule is CC1=C(CC/C(C)=C/C=C/C(=C/C=O)C(F)(F)F)C(C)(C)CCC1. The molecule has 134 valence electrons. The van der Waals surface area contributed by atoms with Crippen molar-refractivity contribution in [3.8, 4) is 0 Å². The van der Waals surface area contributed by atoms with E-state index in [-0.39, 0.29) is 11.7 Å². The van der Waals surface area contributed by atoms with Gasteiger partial charge in [0.1, 0.15) is 6.29 Å². The first kappa shape index (κ1) is 20.5. The molecule has 0 radical (unpaired) electrons. The smallest absolute Gasteiger partial charge is 0.299 e. The summed E-state index contributed by atoms with van der Waals surface area (Å²) in [6, 6.07) is 0. The van der Waals surface area contributed by atoms with Crippen LogP contribution < -0.4 is 0 Å². The summed E-state index contributed by atoms with van der Waals surface area (Å²) in [6.07, 6.45) is 5.53. The van der Waals surface area contributed by atoms with E-state index in [1.807, 2.05) is 6.92 Å². The van der Waals surface area contributed by atoms with Crippen molar-refractivity contribution in [3.63, 3.8) is 0 Å². The topological polar surface area (TPSA) is 17.1 Å². The molecule has 0 saturated carbocycles. The minimum Gasteiger partial charge on any atom is -0.299 e. The molecule has 0 fully saturated rings. The summed E-state index contributed by atoms with van der Waals surface area (Å²) in [5.74, 6) is 0. The molecular formula is C20H27F3O. The lowest BCUT2D eigenvalue weighted by Gasteiger charge is -2.34. The molecule has 0 heterocycles. The summed E-state index contributed by atoms with van der Waals surface area (Å²) in [6.45, 7) is 8.65. The summed E-state index contributed by atoms with van der Waals surface area (Å²) < 4.78 is 37.9. The largest absolute Gasteiger partial charge is 0.416 e. The van der Waals surface area contributed by atoms with Gasteiger partial charge in [-0.1, -0.05) is 42.7 Å². The van der Waals surface area contributed by atoms with Crippen LogP contribution in [0.1, 0.15) is 59.8 Å². The van der Waals surface area contributed by atoms with E-state index >= 15 is 0 Å². The fraction of sp³-hybridized carbons (Fsp3) is 0.550. The molecule has 0 unspecified atom stereocenters. The van der Waals surface area contributed by atoms with Crippen molar-refractivity contribution < 1.29 is 18.0 Å². The van der Waals surface area contributed by atoms with E-state index in [9.17, 15) is 18.0 Å². The molecule has 0 N–H and O–H groups in total. The number of hydrogen-bond acceptors (Lipinski definition) is 1. The van der Waals surface area contributed by atoms with Gasteiger partial charge in [-0.3, -0.25) is 4.79 Å². The second-order valence-electron chi connectivity index (χ2n) is 7.12. The first-order valence-corrected chi connectivity index (χ1v) is 8.33. The first-order chi connectivity index (χ1) is 11.1. The molecule has 24 heavy (non-hydrogen) atoms. The number of alkyl halides is 3. The fourth-order valence-corrected chi connectivity index (χ4v) is 3.27. The van der Waals surface area contributed by atoms with Gasteiger partial charge in [0.2, 0.25) is 0 Å². The van der Waals surface area contributed by atoms with E-state index in [4.69, 9.17) is 0 Å². The Kier molecular flexibility index (Phi) is 7.25. The van der Waals surface area contributed by atoms with Crippen LogP contribution in [0.25, 0.3) is 0 Å². The average Bonchev–Trinajstić information content (AvgIpc) is 2.44. The predicted octanol–water partition coefficient (Wildman–Crippen LogP) is 6.48. The third-order valence-corrected chi connectivity index (χ3v) is 4.69. The van der Waals surface area contributed by atoms with Gasteiger partial charge in [0.25, 0.3) is 0 Å². The van der Waals surface area contributed by atoms with Crippen LogP contribution in [0.2, 0.25) is 0 Å². The minimum absolute atomic E-state index is 0.157. The minimum atomic E-state index is -4.51. The molecular weight excluding hydrogens is 313 g/mol. The van der Waals surface area contributed by atoms with E-state index in [1.54, 1.807) is 6.08 Å². The molecule has 0 aromatic carbocycles. The van der Waals surface area contributed by atoms with Gasteiger partial charge in [-0.05, 0) is 63.5 Å². The van der Waals surface area contributed by atoms with Crippen LogP contribution in [0.4, 0.5) is 13.2 Å². The highest BCUT2D eigenvalue weighted by Gasteiger charge is 2.31. The highest BCUT2D eigenvalue weighted by atomic mass is 19.4. The molecule has 0 saturated heterocycles. The van der Waals surface area contributed by atoms with Crippen molar-refractivity contribution >= 4 is 6.29 Å². The Morgan fingerprint density at radius 3 is 2.46 bits per heavy atom. The van der Waals surface area contributed by atoms with Crippen molar-refractivity contribution in [2.24, 2.45) is 5.41 Å². The van der Waals surface area contributed by atoms with Gasteiger partial charge in [-0.25, -0.2) is 0 Å². The Hall–Kier alpha value is -1.58. The lowest BCUT2D eigenvalue weighted by molar-refractivity contribution is -0.106. The second-order valence-corrected chi connectivity index (χ2v) is 7.12. The molecule has 0 aliphatic heterocycles. The molecule has 0 spiro atoms. The average molecular weight is 340 g/mol. The maximum atomic E-state index is 12.6. The number of carbonyl (C=O) groups excluding carboxylic acids is 1. The maximum absolute atomic E-state index is 12.6.